The average molecular weight is 239 g/mol. The van der Waals surface area contributed by atoms with Crippen molar-refractivity contribution in [3.05, 3.63) is 0 Å². The van der Waals surface area contributed by atoms with E-state index in [0.717, 1.165) is 12.5 Å². The maximum Gasteiger partial charge on any atom is 0.306 e. The van der Waals surface area contributed by atoms with Gasteiger partial charge in [0.2, 0.25) is 0 Å². The molecule has 2 aliphatic rings. The van der Waals surface area contributed by atoms with Gasteiger partial charge in [-0.1, -0.05) is 20.8 Å². The van der Waals surface area contributed by atoms with Crippen LogP contribution in [0.1, 0.15) is 46.5 Å². The van der Waals surface area contributed by atoms with Gasteiger partial charge in [0.1, 0.15) is 0 Å². The molecule has 2 saturated carbocycles. The van der Waals surface area contributed by atoms with Crippen LogP contribution in [0.15, 0.2) is 0 Å². The molecule has 17 heavy (non-hydrogen) atoms. The molecule has 3 atom stereocenters. The molecule has 1 N–H and O–H groups in total. The fraction of sp³-hybridized carbons (Fsp3) is 0.929. The Labute approximate surface area is 104 Å². The topological polar surface area (TPSA) is 38.3 Å². The van der Waals surface area contributed by atoms with Crippen molar-refractivity contribution in [3.63, 3.8) is 0 Å². The van der Waals surface area contributed by atoms with E-state index < -0.39 is 0 Å². The number of hydrogen-bond donors (Lipinski definition) is 1. The largest absolute Gasteiger partial charge is 0.469 e. The first-order valence-electron chi connectivity index (χ1n) is 6.70. The molecular weight excluding hydrogens is 214 g/mol. The third-order valence-electron chi connectivity index (χ3n) is 5.18. The number of ether oxygens (including phenoxy) is 1. The molecule has 3 unspecified atom stereocenters. The first-order valence-corrected chi connectivity index (χ1v) is 6.70. The minimum absolute atomic E-state index is 0.122. The predicted molar refractivity (Wildman–Crippen MR) is 67.7 cm³/mol. The number of carbonyl (C=O) groups excluding carboxylic acids is 1. The molecule has 0 spiro atoms. The molecular formula is C14H25NO2. The quantitative estimate of drug-likeness (QED) is 0.765. The second kappa shape index (κ2) is 4.27. The van der Waals surface area contributed by atoms with Gasteiger partial charge in [-0.3, -0.25) is 4.79 Å². The fourth-order valence-corrected chi connectivity index (χ4v) is 4.23. The van der Waals surface area contributed by atoms with Crippen LogP contribution >= 0.6 is 0 Å². The van der Waals surface area contributed by atoms with Crippen LogP contribution < -0.4 is 5.32 Å². The van der Waals surface area contributed by atoms with Gasteiger partial charge in [0.15, 0.2) is 0 Å². The summed E-state index contributed by atoms with van der Waals surface area (Å²) >= 11 is 0. The zero-order valence-corrected chi connectivity index (χ0v) is 11.5. The Kier molecular flexibility index (Phi) is 3.23. The van der Waals surface area contributed by atoms with Crippen LogP contribution in [-0.2, 0) is 9.53 Å². The summed E-state index contributed by atoms with van der Waals surface area (Å²) in [5, 5.41) is 3.61. The van der Waals surface area contributed by atoms with Crippen LogP contribution in [0.2, 0.25) is 0 Å². The molecule has 3 heteroatoms. The molecule has 0 aromatic rings. The van der Waals surface area contributed by atoms with Gasteiger partial charge in [-0.25, -0.2) is 0 Å². The van der Waals surface area contributed by atoms with Crippen LogP contribution in [0.5, 0.6) is 0 Å². The molecule has 2 rings (SSSR count). The number of hydrogen-bond acceptors (Lipinski definition) is 3. The molecule has 98 valence electrons. The van der Waals surface area contributed by atoms with E-state index in [2.05, 4.69) is 30.8 Å². The molecule has 2 aliphatic carbocycles. The zero-order chi connectivity index (χ0) is 12.7. The molecule has 0 aromatic carbocycles. The Balaban J connectivity index is 1.94. The van der Waals surface area contributed by atoms with Gasteiger partial charge in [0, 0.05) is 12.6 Å². The van der Waals surface area contributed by atoms with E-state index in [0.29, 0.717) is 23.3 Å². The number of rotatable bonds is 4. The van der Waals surface area contributed by atoms with Crippen LogP contribution in [0.3, 0.4) is 0 Å². The van der Waals surface area contributed by atoms with E-state index >= 15 is 0 Å². The summed E-state index contributed by atoms with van der Waals surface area (Å²) in [4.78, 5) is 11.1. The van der Waals surface area contributed by atoms with Gasteiger partial charge in [0.25, 0.3) is 0 Å². The van der Waals surface area contributed by atoms with Gasteiger partial charge < -0.3 is 10.1 Å². The van der Waals surface area contributed by atoms with E-state index in [1.165, 1.54) is 26.4 Å². The van der Waals surface area contributed by atoms with Crippen molar-refractivity contribution in [1.29, 1.82) is 0 Å². The fourth-order valence-electron chi connectivity index (χ4n) is 4.23. The van der Waals surface area contributed by atoms with Gasteiger partial charge in [-0.2, -0.15) is 0 Å². The highest BCUT2D eigenvalue weighted by Crippen LogP contribution is 2.62. The Bertz CT molecular complexity index is 309. The lowest BCUT2D eigenvalue weighted by atomic mass is 9.68. The average Bonchev–Trinajstić information content (AvgIpc) is 2.73. The highest BCUT2D eigenvalue weighted by Gasteiger charge is 2.58. The van der Waals surface area contributed by atoms with E-state index in [1.54, 1.807) is 0 Å². The summed E-state index contributed by atoms with van der Waals surface area (Å²) in [5.41, 5.74) is 0.799. The van der Waals surface area contributed by atoms with Gasteiger partial charge in [-0.15, -0.1) is 0 Å². The molecule has 2 fully saturated rings. The highest BCUT2D eigenvalue weighted by molar-refractivity contribution is 5.69. The highest BCUT2D eigenvalue weighted by atomic mass is 16.5. The summed E-state index contributed by atoms with van der Waals surface area (Å²) < 4.78 is 4.68. The second-order valence-corrected chi connectivity index (χ2v) is 6.63. The lowest BCUT2D eigenvalue weighted by molar-refractivity contribution is -0.140. The lowest BCUT2D eigenvalue weighted by Crippen LogP contribution is -2.50. The summed E-state index contributed by atoms with van der Waals surface area (Å²) in [6, 6.07) is 0.540. The maximum atomic E-state index is 11.1. The zero-order valence-electron chi connectivity index (χ0n) is 11.5. The number of fused-ring (bicyclic) bond motifs is 2. The Morgan fingerprint density at radius 1 is 1.41 bits per heavy atom. The van der Waals surface area contributed by atoms with Gasteiger partial charge in [-0.05, 0) is 36.0 Å². The van der Waals surface area contributed by atoms with Gasteiger partial charge >= 0.3 is 5.97 Å². The molecule has 3 nitrogen and oxygen atoms in total. The Morgan fingerprint density at radius 3 is 2.65 bits per heavy atom. The minimum Gasteiger partial charge on any atom is -0.469 e. The smallest absolute Gasteiger partial charge is 0.306 e. The van der Waals surface area contributed by atoms with Crippen molar-refractivity contribution in [2.75, 3.05) is 13.7 Å². The van der Waals surface area contributed by atoms with E-state index in [-0.39, 0.29) is 5.97 Å². The first kappa shape index (κ1) is 12.9. The number of carbonyl (C=O) groups is 1. The van der Waals surface area contributed by atoms with Crippen LogP contribution in [0, 0.1) is 16.7 Å². The van der Waals surface area contributed by atoms with E-state index in [9.17, 15) is 4.79 Å². The standard InChI is InChI=1S/C14H25NO2/c1-13(2)10-5-7-14(3,9-10)12(13)15-8-6-11(16)17-4/h10,12,15H,5-9H2,1-4H3. The Hall–Kier alpha value is -0.570. The minimum atomic E-state index is -0.122. The third-order valence-corrected chi connectivity index (χ3v) is 5.18. The van der Waals surface area contributed by atoms with Crippen molar-refractivity contribution in [2.45, 2.75) is 52.5 Å². The molecule has 0 saturated heterocycles. The Morgan fingerprint density at radius 2 is 2.12 bits per heavy atom. The van der Waals surface area contributed by atoms with Crippen molar-refractivity contribution in [3.8, 4) is 0 Å². The van der Waals surface area contributed by atoms with Crippen molar-refractivity contribution < 1.29 is 9.53 Å². The van der Waals surface area contributed by atoms with Crippen molar-refractivity contribution >= 4 is 5.97 Å². The summed E-state index contributed by atoms with van der Waals surface area (Å²) in [6.45, 7) is 7.89. The first-order chi connectivity index (χ1) is 7.90. The number of esters is 1. The SMILES string of the molecule is COC(=O)CCNC1C2(C)CCC(C2)C1(C)C. The maximum absolute atomic E-state index is 11.1. The van der Waals surface area contributed by atoms with Crippen LogP contribution in [-0.4, -0.2) is 25.7 Å². The molecule has 2 bridgehead atoms. The predicted octanol–water partition coefficient (Wildman–Crippen LogP) is 2.35. The third kappa shape index (κ3) is 2.10. The lowest BCUT2D eigenvalue weighted by Gasteiger charge is -2.43. The molecule has 0 heterocycles. The van der Waals surface area contributed by atoms with E-state index in [4.69, 9.17) is 0 Å². The molecule has 0 amide bonds. The number of methoxy groups -OCH3 is 1. The molecule has 0 radical (unpaired) electrons. The summed E-state index contributed by atoms with van der Waals surface area (Å²) in [6.07, 6.45) is 4.52. The van der Waals surface area contributed by atoms with Gasteiger partial charge in [0.05, 0.1) is 13.5 Å². The summed E-state index contributed by atoms with van der Waals surface area (Å²) in [5.74, 6) is 0.728. The van der Waals surface area contributed by atoms with Crippen molar-refractivity contribution in [2.24, 2.45) is 16.7 Å². The monoisotopic (exact) mass is 239 g/mol. The molecule has 0 aliphatic heterocycles. The van der Waals surface area contributed by atoms with Crippen LogP contribution in [0.25, 0.3) is 0 Å². The molecule has 0 aromatic heterocycles. The van der Waals surface area contributed by atoms with E-state index in [1.807, 2.05) is 0 Å². The second-order valence-electron chi connectivity index (χ2n) is 6.63. The summed E-state index contributed by atoms with van der Waals surface area (Å²) in [7, 11) is 1.45. The van der Waals surface area contributed by atoms with Crippen molar-refractivity contribution in [1.82, 2.24) is 5.32 Å². The number of nitrogens with one attached hydrogen (secondary N) is 1. The normalized spacial score (nSPS) is 38.4. The van der Waals surface area contributed by atoms with Crippen LogP contribution in [0.4, 0.5) is 0 Å².